The molecule has 6 nitrogen and oxygen atoms in total. The van der Waals surface area contributed by atoms with Crippen molar-refractivity contribution >= 4 is 0 Å². The standard InChI is InChI=1S/C15H24N4O2/c1-11-9-18-13(10-17-11)14(19-16)12-2-5-21-15(8-12)3-6-20-7-4-15/h9-10,12,14,19H,2-8,16H2,1H3. The van der Waals surface area contributed by atoms with Gasteiger partial charge in [-0.05, 0) is 38.5 Å². The second-order valence-electron chi connectivity index (χ2n) is 6.12. The molecule has 1 spiro atoms. The Kier molecular flexibility index (Phi) is 4.49. The molecule has 2 unspecified atom stereocenters. The smallest absolute Gasteiger partial charge is 0.0772 e. The van der Waals surface area contributed by atoms with E-state index in [0.717, 1.165) is 56.9 Å². The van der Waals surface area contributed by atoms with E-state index in [-0.39, 0.29) is 11.6 Å². The van der Waals surface area contributed by atoms with E-state index in [4.69, 9.17) is 15.3 Å². The van der Waals surface area contributed by atoms with Crippen LogP contribution in [0.15, 0.2) is 12.4 Å². The largest absolute Gasteiger partial charge is 0.381 e. The number of hydrogen-bond donors (Lipinski definition) is 2. The summed E-state index contributed by atoms with van der Waals surface area (Å²) in [5, 5.41) is 0. The van der Waals surface area contributed by atoms with Crippen molar-refractivity contribution in [1.29, 1.82) is 0 Å². The number of nitrogens with zero attached hydrogens (tertiary/aromatic N) is 2. The van der Waals surface area contributed by atoms with Gasteiger partial charge in [-0.15, -0.1) is 0 Å². The minimum absolute atomic E-state index is 0.0294. The van der Waals surface area contributed by atoms with Crippen LogP contribution in [0, 0.1) is 12.8 Å². The molecule has 2 saturated heterocycles. The monoisotopic (exact) mass is 292 g/mol. The first kappa shape index (κ1) is 14.8. The number of aryl methyl sites for hydroxylation is 1. The Hall–Kier alpha value is -1.08. The maximum atomic E-state index is 6.10. The van der Waals surface area contributed by atoms with Gasteiger partial charge in [0, 0.05) is 26.0 Å². The summed E-state index contributed by atoms with van der Waals surface area (Å²) in [7, 11) is 0. The first-order valence-corrected chi connectivity index (χ1v) is 7.69. The summed E-state index contributed by atoms with van der Waals surface area (Å²) in [6.45, 7) is 4.30. The zero-order valence-corrected chi connectivity index (χ0v) is 12.5. The fourth-order valence-corrected chi connectivity index (χ4v) is 3.47. The zero-order valence-electron chi connectivity index (χ0n) is 12.5. The molecule has 21 heavy (non-hydrogen) atoms. The maximum Gasteiger partial charge on any atom is 0.0772 e. The molecule has 1 aromatic heterocycles. The van der Waals surface area contributed by atoms with E-state index in [2.05, 4.69) is 15.4 Å². The predicted octanol–water partition coefficient (Wildman–Crippen LogP) is 1.27. The summed E-state index contributed by atoms with van der Waals surface area (Å²) < 4.78 is 11.6. The van der Waals surface area contributed by atoms with Gasteiger partial charge in [-0.25, -0.2) is 0 Å². The summed E-state index contributed by atoms with van der Waals surface area (Å²) in [4.78, 5) is 8.83. The molecule has 0 bridgehead atoms. The van der Waals surface area contributed by atoms with Gasteiger partial charge in [-0.3, -0.25) is 21.2 Å². The average Bonchev–Trinajstić information content (AvgIpc) is 2.51. The van der Waals surface area contributed by atoms with E-state index in [9.17, 15) is 0 Å². The van der Waals surface area contributed by atoms with Crippen molar-refractivity contribution in [2.75, 3.05) is 19.8 Å². The summed E-state index contributed by atoms with van der Waals surface area (Å²) in [5.41, 5.74) is 4.74. The lowest BCUT2D eigenvalue weighted by Crippen LogP contribution is -2.47. The summed E-state index contributed by atoms with van der Waals surface area (Å²) in [5.74, 6) is 6.22. The second kappa shape index (κ2) is 6.36. The van der Waals surface area contributed by atoms with E-state index < -0.39 is 0 Å². The molecule has 2 aliphatic rings. The topological polar surface area (TPSA) is 82.3 Å². The van der Waals surface area contributed by atoms with Crippen LogP contribution in [0.3, 0.4) is 0 Å². The lowest BCUT2D eigenvalue weighted by Gasteiger charge is -2.45. The number of ether oxygens (including phenoxy) is 2. The number of nitrogens with one attached hydrogen (secondary N) is 1. The van der Waals surface area contributed by atoms with Crippen molar-refractivity contribution in [1.82, 2.24) is 15.4 Å². The van der Waals surface area contributed by atoms with Crippen LogP contribution in [-0.4, -0.2) is 35.4 Å². The predicted molar refractivity (Wildman–Crippen MR) is 78.3 cm³/mol. The Balaban J connectivity index is 1.75. The lowest BCUT2D eigenvalue weighted by molar-refractivity contribution is -0.150. The molecule has 2 fully saturated rings. The number of hydrogen-bond acceptors (Lipinski definition) is 6. The van der Waals surface area contributed by atoms with Crippen molar-refractivity contribution in [3.63, 3.8) is 0 Å². The van der Waals surface area contributed by atoms with E-state index in [0.29, 0.717) is 5.92 Å². The molecular weight excluding hydrogens is 268 g/mol. The third-order valence-electron chi connectivity index (χ3n) is 4.71. The highest BCUT2D eigenvalue weighted by Gasteiger charge is 2.41. The second-order valence-corrected chi connectivity index (χ2v) is 6.12. The van der Waals surface area contributed by atoms with Crippen LogP contribution in [0.1, 0.15) is 43.1 Å². The van der Waals surface area contributed by atoms with Crippen LogP contribution in [-0.2, 0) is 9.47 Å². The molecule has 3 N–H and O–H groups in total. The van der Waals surface area contributed by atoms with Crippen LogP contribution >= 0.6 is 0 Å². The molecule has 2 aliphatic heterocycles. The first-order valence-electron chi connectivity index (χ1n) is 7.69. The van der Waals surface area contributed by atoms with Crippen LogP contribution in [0.5, 0.6) is 0 Å². The lowest BCUT2D eigenvalue weighted by atomic mass is 9.77. The normalized spacial score (nSPS) is 26.7. The van der Waals surface area contributed by atoms with Crippen molar-refractivity contribution in [3.8, 4) is 0 Å². The Morgan fingerprint density at radius 1 is 1.29 bits per heavy atom. The highest BCUT2D eigenvalue weighted by molar-refractivity contribution is 5.08. The minimum atomic E-state index is -0.0333. The number of rotatable bonds is 3. The maximum absolute atomic E-state index is 6.10. The van der Waals surface area contributed by atoms with Gasteiger partial charge in [0.15, 0.2) is 0 Å². The summed E-state index contributed by atoms with van der Waals surface area (Å²) in [6.07, 6.45) is 7.56. The molecule has 0 aliphatic carbocycles. The third kappa shape index (κ3) is 3.23. The molecule has 6 heteroatoms. The number of hydrazine groups is 1. The van der Waals surface area contributed by atoms with Gasteiger partial charge >= 0.3 is 0 Å². The Bertz CT molecular complexity index is 454. The van der Waals surface area contributed by atoms with Gasteiger partial charge in [-0.2, -0.15) is 0 Å². The quantitative estimate of drug-likeness (QED) is 0.645. The number of aromatic nitrogens is 2. The van der Waals surface area contributed by atoms with Gasteiger partial charge in [0.2, 0.25) is 0 Å². The van der Waals surface area contributed by atoms with Gasteiger partial charge < -0.3 is 9.47 Å². The van der Waals surface area contributed by atoms with Crippen LogP contribution in [0.25, 0.3) is 0 Å². The first-order chi connectivity index (χ1) is 10.2. The van der Waals surface area contributed by atoms with Gasteiger partial charge in [-0.1, -0.05) is 0 Å². The van der Waals surface area contributed by atoms with Crippen molar-refractivity contribution in [2.45, 2.75) is 44.2 Å². The fourth-order valence-electron chi connectivity index (χ4n) is 3.47. The average molecular weight is 292 g/mol. The third-order valence-corrected chi connectivity index (χ3v) is 4.71. The van der Waals surface area contributed by atoms with Crippen molar-refractivity contribution in [2.24, 2.45) is 11.8 Å². The Labute approximate surface area is 125 Å². The van der Waals surface area contributed by atoms with E-state index in [1.807, 2.05) is 13.1 Å². The SMILES string of the molecule is Cc1cnc(C(NN)C2CCOC3(CCOCC3)C2)cn1. The highest BCUT2D eigenvalue weighted by atomic mass is 16.5. The van der Waals surface area contributed by atoms with Gasteiger partial charge in [0.25, 0.3) is 0 Å². The van der Waals surface area contributed by atoms with Gasteiger partial charge in [0.1, 0.15) is 0 Å². The number of nitrogens with two attached hydrogens (primary N) is 1. The molecule has 0 saturated carbocycles. The molecule has 3 rings (SSSR count). The van der Waals surface area contributed by atoms with Crippen molar-refractivity contribution in [3.05, 3.63) is 23.8 Å². The van der Waals surface area contributed by atoms with E-state index >= 15 is 0 Å². The molecular formula is C15H24N4O2. The zero-order chi connectivity index (χ0) is 14.7. The molecule has 116 valence electrons. The van der Waals surface area contributed by atoms with E-state index in [1.54, 1.807) is 6.20 Å². The molecule has 0 amide bonds. The Morgan fingerprint density at radius 2 is 2.10 bits per heavy atom. The fraction of sp³-hybridized carbons (Fsp3) is 0.733. The van der Waals surface area contributed by atoms with Crippen LogP contribution in [0.2, 0.25) is 0 Å². The molecule has 3 heterocycles. The molecule has 0 radical (unpaired) electrons. The van der Waals surface area contributed by atoms with Crippen LogP contribution < -0.4 is 11.3 Å². The van der Waals surface area contributed by atoms with Crippen LogP contribution in [0.4, 0.5) is 0 Å². The summed E-state index contributed by atoms with van der Waals surface area (Å²) >= 11 is 0. The molecule has 2 atom stereocenters. The van der Waals surface area contributed by atoms with E-state index in [1.165, 1.54) is 0 Å². The summed E-state index contributed by atoms with van der Waals surface area (Å²) in [6, 6.07) is 0.0294. The molecule has 0 aromatic carbocycles. The highest BCUT2D eigenvalue weighted by Crippen LogP contribution is 2.41. The van der Waals surface area contributed by atoms with Gasteiger partial charge in [0.05, 0.1) is 29.2 Å². The minimum Gasteiger partial charge on any atom is -0.381 e. The Morgan fingerprint density at radius 3 is 2.76 bits per heavy atom. The molecule has 1 aromatic rings. The van der Waals surface area contributed by atoms with Crippen molar-refractivity contribution < 1.29 is 9.47 Å².